The molecule has 3 unspecified atom stereocenters. The molecule has 7 nitrogen and oxygen atoms in total. The van der Waals surface area contributed by atoms with Crippen LogP contribution in [0, 0.1) is 5.92 Å². The fourth-order valence-electron chi connectivity index (χ4n) is 3.21. The molecule has 9 heteroatoms. The Morgan fingerprint density at radius 2 is 2.04 bits per heavy atom. The first-order valence-corrected chi connectivity index (χ1v) is 10.5. The Hall–Kier alpha value is -1.09. The van der Waals surface area contributed by atoms with Gasteiger partial charge in [0.05, 0.1) is 16.2 Å². The summed E-state index contributed by atoms with van der Waals surface area (Å²) in [5, 5.41) is 17.0. The number of nitrogens with zero attached hydrogens (tertiary/aromatic N) is 1. The zero-order valence-corrected chi connectivity index (χ0v) is 18.5. The van der Waals surface area contributed by atoms with Crippen LogP contribution in [-0.4, -0.2) is 56.6 Å². The zero-order chi connectivity index (χ0) is 20.7. The number of amides is 2. The molecule has 0 saturated carbocycles. The van der Waals surface area contributed by atoms with Gasteiger partial charge in [-0.05, 0) is 64.1 Å². The minimum atomic E-state index is -0.305. The van der Waals surface area contributed by atoms with Crippen molar-refractivity contribution in [2.24, 2.45) is 5.92 Å². The van der Waals surface area contributed by atoms with E-state index in [-0.39, 0.29) is 18.5 Å². The molecule has 28 heavy (non-hydrogen) atoms. The number of benzene rings is 1. The third-order valence-electron chi connectivity index (χ3n) is 4.98. The topological polar surface area (TPSA) is 80.5 Å². The monoisotopic (exact) mass is 430 g/mol. The van der Waals surface area contributed by atoms with Gasteiger partial charge in [0.15, 0.2) is 0 Å². The van der Waals surface area contributed by atoms with E-state index in [1.807, 2.05) is 14.1 Å². The number of rotatable bonds is 8. The van der Waals surface area contributed by atoms with Gasteiger partial charge in [-0.15, -0.1) is 0 Å². The van der Waals surface area contributed by atoms with Gasteiger partial charge in [0.25, 0.3) is 0 Å². The first-order chi connectivity index (χ1) is 13.3. The van der Waals surface area contributed by atoms with Gasteiger partial charge in [0, 0.05) is 11.7 Å². The largest absolute Gasteiger partial charge is 0.321 e. The summed E-state index contributed by atoms with van der Waals surface area (Å²) in [4.78, 5) is 14.6. The van der Waals surface area contributed by atoms with Crippen molar-refractivity contribution in [3.8, 4) is 0 Å². The Balaban J connectivity index is 1.97. The zero-order valence-electron chi connectivity index (χ0n) is 17.0. The Bertz CT molecular complexity index is 645. The molecule has 0 aliphatic carbocycles. The van der Waals surface area contributed by atoms with Gasteiger partial charge in [-0.2, -0.15) is 0 Å². The van der Waals surface area contributed by atoms with Gasteiger partial charge in [0.1, 0.15) is 6.29 Å². The van der Waals surface area contributed by atoms with Crippen molar-refractivity contribution < 1.29 is 4.79 Å². The molecule has 2 rings (SSSR count). The maximum atomic E-state index is 12.5. The number of halogens is 2. The van der Waals surface area contributed by atoms with Crippen molar-refractivity contribution in [2.75, 3.05) is 32.5 Å². The van der Waals surface area contributed by atoms with Gasteiger partial charge < -0.3 is 21.3 Å². The van der Waals surface area contributed by atoms with E-state index in [9.17, 15) is 4.79 Å². The smallest absolute Gasteiger partial charge is 0.320 e. The van der Waals surface area contributed by atoms with Crippen LogP contribution < -0.4 is 26.6 Å². The van der Waals surface area contributed by atoms with Crippen molar-refractivity contribution in [3.05, 3.63) is 28.2 Å². The maximum Gasteiger partial charge on any atom is 0.321 e. The Morgan fingerprint density at radius 3 is 2.68 bits per heavy atom. The lowest BCUT2D eigenvalue weighted by Gasteiger charge is -2.45. The highest BCUT2D eigenvalue weighted by Crippen LogP contribution is 2.25. The minimum absolute atomic E-state index is 0.181. The van der Waals surface area contributed by atoms with E-state index >= 15 is 0 Å². The average molecular weight is 431 g/mol. The Labute approximate surface area is 177 Å². The van der Waals surface area contributed by atoms with E-state index in [0.29, 0.717) is 27.7 Å². The molecule has 0 radical (unpaired) electrons. The fourth-order valence-corrected chi connectivity index (χ4v) is 3.51. The number of hydrogen-bond acceptors (Lipinski definition) is 5. The van der Waals surface area contributed by atoms with Crippen LogP contribution in [-0.2, 0) is 0 Å². The molecule has 0 aromatic heterocycles. The number of nitrogens with one attached hydrogen (secondary N) is 5. The van der Waals surface area contributed by atoms with Gasteiger partial charge in [-0.1, -0.05) is 37.0 Å². The van der Waals surface area contributed by atoms with E-state index in [2.05, 4.69) is 45.3 Å². The number of anilines is 1. The number of carbonyl (C=O) groups excluding carboxylic acids is 1. The van der Waals surface area contributed by atoms with Gasteiger partial charge >= 0.3 is 6.03 Å². The van der Waals surface area contributed by atoms with E-state index in [4.69, 9.17) is 23.2 Å². The summed E-state index contributed by atoms with van der Waals surface area (Å²) in [7, 11) is 3.96. The Kier molecular flexibility index (Phi) is 9.27. The summed E-state index contributed by atoms with van der Waals surface area (Å²) in [5.41, 5.74) is 0.590. The molecule has 1 heterocycles. The molecule has 5 N–H and O–H groups in total. The maximum absolute atomic E-state index is 12.5. The molecule has 158 valence electrons. The van der Waals surface area contributed by atoms with Crippen LogP contribution in [0.15, 0.2) is 18.2 Å². The highest BCUT2D eigenvalue weighted by Gasteiger charge is 2.34. The normalized spacial score (nSPS) is 23.0. The van der Waals surface area contributed by atoms with E-state index in [1.54, 1.807) is 18.2 Å². The quantitative estimate of drug-likeness (QED) is 0.409. The molecule has 1 aliphatic heterocycles. The van der Waals surface area contributed by atoms with Crippen LogP contribution in [0.4, 0.5) is 10.5 Å². The predicted octanol–water partition coefficient (Wildman–Crippen LogP) is 2.87. The fraction of sp³-hybridized carbons (Fsp3) is 0.632. The van der Waals surface area contributed by atoms with Crippen molar-refractivity contribution in [1.29, 1.82) is 0 Å². The minimum Gasteiger partial charge on any atom is -0.320 e. The summed E-state index contributed by atoms with van der Waals surface area (Å²) in [6.07, 6.45) is 1.92. The summed E-state index contributed by atoms with van der Waals surface area (Å²) < 4.78 is 0. The molecule has 2 amide bonds. The summed E-state index contributed by atoms with van der Waals surface area (Å²) in [6.45, 7) is 6.27. The molecular weight excluding hydrogens is 399 g/mol. The standard InChI is InChI=1S/C19H32Cl2N6O/c1-12(2)16-11-17(23-9-5-8-22-3)27(4)18(25-16)26-19(28)24-13-6-7-14(20)15(21)10-13/h6-7,10,12,16-18,22-23,25H,5,8-9,11H2,1-4H3,(H2,24,26,28). The molecule has 3 atom stereocenters. The van der Waals surface area contributed by atoms with Crippen molar-refractivity contribution in [2.45, 2.75) is 45.2 Å². The average Bonchev–Trinajstić information content (AvgIpc) is 2.64. The first kappa shape index (κ1) is 23.2. The lowest BCUT2D eigenvalue weighted by molar-refractivity contribution is 0.0298. The van der Waals surface area contributed by atoms with Gasteiger partial charge in [0.2, 0.25) is 0 Å². The second kappa shape index (κ2) is 11.2. The SMILES string of the molecule is CNCCCNC1CC(C(C)C)NC(NC(=O)Nc2ccc(Cl)c(Cl)c2)N1C. The lowest BCUT2D eigenvalue weighted by atomic mass is 9.97. The lowest BCUT2D eigenvalue weighted by Crippen LogP contribution is -2.69. The highest BCUT2D eigenvalue weighted by atomic mass is 35.5. The van der Waals surface area contributed by atoms with E-state index < -0.39 is 0 Å². The number of hydrogen-bond donors (Lipinski definition) is 5. The van der Waals surface area contributed by atoms with Gasteiger partial charge in [-0.3, -0.25) is 10.2 Å². The van der Waals surface area contributed by atoms with Crippen LogP contribution in [0.2, 0.25) is 10.0 Å². The molecule has 0 spiro atoms. The third-order valence-corrected chi connectivity index (χ3v) is 5.72. The van der Waals surface area contributed by atoms with Crippen molar-refractivity contribution >= 4 is 34.9 Å². The molecule has 1 aromatic rings. The first-order valence-electron chi connectivity index (χ1n) is 9.70. The summed E-state index contributed by atoms with van der Waals surface area (Å²) >= 11 is 11.9. The van der Waals surface area contributed by atoms with Gasteiger partial charge in [-0.25, -0.2) is 4.79 Å². The van der Waals surface area contributed by atoms with Crippen LogP contribution >= 0.6 is 23.2 Å². The third kappa shape index (κ3) is 6.76. The van der Waals surface area contributed by atoms with Crippen LogP contribution in [0.25, 0.3) is 0 Å². The predicted molar refractivity (Wildman–Crippen MR) is 117 cm³/mol. The van der Waals surface area contributed by atoms with Crippen LogP contribution in [0.1, 0.15) is 26.7 Å². The molecular formula is C19H32Cl2N6O. The van der Waals surface area contributed by atoms with Crippen molar-refractivity contribution in [3.63, 3.8) is 0 Å². The molecule has 1 fully saturated rings. The number of urea groups is 1. The number of carbonyl (C=O) groups is 1. The summed E-state index contributed by atoms with van der Waals surface area (Å²) in [5.74, 6) is 0.456. The molecule has 1 saturated heterocycles. The van der Waals surface area contributed by atoms with E-state index in [0.717, 1.165) is 25.9 Å². The molecule has 1 aliphatic rings. The highest BCUT2D eigenvalue weighted by molar-refractivity contribution is 6.42. The van der Waals surface area contributed by atoms with Crippen molar-refractivity contribution in [1.82, 2.24) is 26.2 Å². The molecule has 1 aromatic carbocycles. The molecule has 0 bridgehead atoms. The Morgan fingerprint density at radius 1 is 1.29 bits per heavy atom. The van der Waals surface area contributed by atoms with Crippen LogP contribution in [0.5, 0.6) is 0 Å². The second-order valence-corrected chi connectivity index (χ2v) is 8.29. The summed E-state index contributed by atoms with van der Waals surface area (Å²) in [6, 6.07) is 5.00. The second-order valence-electron chi connectivity index (χ2n) is 7.48. The van der Waals surface area contributed by atoms with Crippen LogP contribution in [0.3, 0.4) is 0 Å². The van der Waals surface area contributed by atoms with E-state index in [1.165, 1.54) is 0 Å².